The lowest BCUT2D eigenvalue weighted by Crippen LogP contribution is -2.13. The highest BCUT2D eigenvalue weighted by Crippen LogP contribution is 2.03. The highest BCUT2D eigenvalue weighted by Gasteiger charge is 2.09. The third kappa shape index (κ3) is 1.49. The Bertz CT molecular complexity index is 170. The zero-order valence-corrected chi connectivity index (χ0v) is 5.37. The SMILES string of the molecule is CC(=O)C1C=CC=NC1. The van der Waals surface area contributed by atoms with E-state index in [0.29, 0.717) is 6.54 Å². The first-order valence-electron chi connectivity index (χ1n) is 2.98. The zero-order chi connectivity index (χ0) is 6.69. The van der Waals surface area contributed by atoms with E-state index in [4.69, 9.17) is 0 Å². The average Bonchev–Trinajstić information content (AvgIpc) is 1.90. The predicted octanol–water partition coefficient (Wildman–Crippen LogP) is 0.832. The molecule has 0 aromatic heterocycles. The summed E-state index contributed by atoms with van der Waals surface area (Å²) < 4.78 is 0. The molecule has 0 aromatic rings. The minimum Gasteiger partial charge on any atom is -0.299 e. The van der Waals surface area contributed by atoms with Crippen LogP contribution in [0.25, 0.3) is 0 Å². The second-order valence-corrected chi connectivity index (χ2v) is 2.12. The first kappa shape index (κ1) is 6.20. The molecule has 2 heteroatoms. The van der Waals surface area contributed by atoms with Crippen molar-refractivity contribution in [1.29, 1.82) is 0 Å². The van der Waals surface area contributed by atoms with Crippen molar-refractivity contribution in [1.82, 2.24) is 0 Å². The number of rotatable bonds is 1. The quantitative estimate of drug-likeness (QED) is 0.508. The second kappa shape index (κ2) is 2.58. The molecule has 1 aliphatic rings. The van der Waals surface area contributed by atoms with Gasteiger partial charge in [-0.05, 0) is 13.0 Å². The molecular weight excluding hydrogens is 114 g/mol. The van der Waals surface area contributed by atoms with Crippen LogP contribution >= 0.6 is 0 Å². The first-order chi connectivity index (χ1) is 4.30. The van der Waals surface area contributed by atoms with Crippen LogP contribution in [-0.4, -0.2) is 18.5 Å². The standard InChI is InChI=1S/C7H9NO/c1-6(9)7-3-2-4-8-5-7/h2-4,7H,5H2,1H3. The molecule has 1 rings (SSSR count). The summed E-state index contributed by atoms with van der Waals surface area (Å²) in [5.41, 5.74) is 0. The fourth-order valence-electron chi connectivity index (χ4n) is 0.744. The van der Waals surface area contributed by atoms with Crippen LogP contribution in [0.1, 0.15) is 6.92 Å². The van der Waals surface area contributed by atoms with Crippen molar-refractivity contribution in [2.45, 2.75) is 6.92 Å². The number of Topliss-reactive ketones (excluding diaryl/α,β-unsaturated/α-hetero) is 1. The van der Waals surface area contributed by atoms with Crippen molar-refractivity contribution in [3.63, 3.8) is 0 Å². The molecule has 1 heterocycles. The fourth-order valence-corrected chi connectivity index (χ4v) is 0.744. The summed E-state index contributed by atoms with van der Waals surface area (Å²) in [7, 11) is 0. The lowest BCUT2D eigenvalue weighted by Gasteiger charge is -2.06. The fraction of sp³-hybridized carbons (Fsp3) is 0.429. The molecule has 1 atom stereocenters. The largest absolute Gasteiger partial charge is 0.299 e. The number of allylic oxidation sites excluding steroid dienone is 1. The molecule has 0 aliphatic carbocycles. The smallest absolute Gasteiger partial charge is 0.138 e. The van der Waals surface area contributed by atoms with Crippen molar-refractivity contribution in [2.24, 2.45) is 10.9 Å². The van der Waals surface area contributed by atoms with Crippen molar-refractivity contribution < 1.29 is 4.79 Å². The monoisotopic (exact) mass is 123 g/mol. The molecule has 0 saturated heterocycles. The Hall–Kier alpha value is -0.920. The topological polar surface area (TPSA) is 29.4 Å². The molecule has 0 spiro atoms. The maximum atomic E-state index is 10.7. The van der Waals surface area contributed by atoms with Gasteiger partial charge in [0.25, 0.3) is 0 Å². The van der Waals surface area contributed by atoms with Crippen LogP contribution in [-0.2, 0) is 4.79 Å². The number of ketones is 1. The van der Waals surface area contributed by atoms with Gasteiger partial charge in [-0.2, -0.15) is 0 Å². The summed E-state index contributed by atoms with van der Waals surface area (Å²) in [6.45, 7) is 2.22. The van der Waals surface area contributed by atoms with Gasteiger partial charge in [-0.15, -0.1) is 0 Å². The molecule has 48 valence electrons. The molecule has 0 amide bonds. The van der Waals surface area contributed by atoms with Crippen LogP contribution in [0.5, 0.6) is 0 Å². The van der Waals surface area contributed by atoms with E-state index in [-0.39, 0.29) is 11.7 Å². The Balaban J connectivity index is 2.56. The predicted molar refractivity (Wildman–Crippen MR) is 36.7 cm³/mol. The molecule has 0 saturated carbocycles. The van der Waals surface area contributed by atoms with Gasteiger partial charge < -0.3 is 0 Å². The number of carbonyl (C=O) groups excluding carboxylic acids is 1. The summed E-state index contributed by atoms with van der Waals surface area (Å²) in [5, 5.41) is 0. The van der Waals surface area contributed by atoms with Crippen molar-refractivity contribution in [3.8, 4) is 0 Å². The number of hydrogen-bond donors (Lipinski definition) is 0. The van der Waals surface area contributed by atoms with Gasteiger partial charge in [-0.1, -0.05) is 6.08 Å². The molecular formula is C7H9NO. The third-order valence-electron chi connectivity index (χ3n) is 1.36. The number of dihydropyridines is 1. The second-order valence-electron chi connectivity index (χ2n) is 2.12. The highest BCUT2D eigenvalue weighted by atomic mass is 16.1. The zero-order valence-electron chi connectivity index (χ0n) is 5.37. The van der Waals surface area contributed by atoms with Gasteiger partial charge in [0, 0.05) is 6.21 Å². The molecule has 0 aromatic carbocycles. The van der Waals surface area contributed by atoms with Gasteiger partial charge in [-0.25, -0.2) is 0 Å². The molecule has 1 aliphatic heterocycles. The number of carbonyl (C=O) groups is 1. The van der Waals surface area contributed by atoms with E-state index in [2.05, 4.69) is 4.99 Å². The Morgan fingerprint density at radius 1 is 1.78 bits per heavy atom. The van der Waals surface area contributed by atoms with E-state index in [1.54, 1.807) is 13.1 Å². The Morgan fingerprint density at radius 2 is 2.56 bits per heavy atom. The lowest BCUT2D eigenvalue weighted by atomic mass is 10.0. The number of nitrogens with zero attached hydrogens (tertiary/aromatic N) is 1. The average molecular weight is 123 g/mol. The Kier molecular flexibility index (Phi) is 1.78. The van der Waals surface area contributed by atoms with Gasteiger partial charge in [0.2, 0.25) is 0 Å². The van der Waals surface area contributed by atoms with E-state index in [9.17, 15) is 4.79 Å². The van der Waals surface area contributed by atoms with E-state index < -0.39 is 0 Å². The van der Waals surface area contributed by atoms with Crippen LogP contribution in [0, 0.1) is 5.92 Å². The van der Waals surface area contributed by atoms with Crippen LogP contribution in [0.2, 0.25) is 0 Å². The normalized spacial score (nSPS) is 24.3. The molecule has 9 heavy (non-hydrogen) atoms. The minimum absolute atomic E-state index is 0.0370. The van der Waals surface area contributed by atoms with Crippen LogP contribution in [0.15, 0.2) is 17.1 Å². The summed E-state index contributed by atoms with van der Waals surface area (Å²) in [4.78, 5) is 14.6. The van der Waals surface area contributed by atoms with Gasteiger partial charge in [0.05, 0.1) is 12.5 Å². The molecule has 0 bridgehead atoms. The summed E-state index contributed by atoms with van der Waals surface area (Å²) in [6.07, 6.45) is 5.42. The van der Waals surface area contributed by atoms with Crippen molar-refractivity contribution >= 4 is 12.0 Å². The van der Waals surface area contributed by atoms with E-state index in [0.717, 1.165) is 0 Å². The first-order valence-corrected chi connectivity index (χ1v) is 2.98. The van der Waals surface area contributed by atoms with Gasteiger partial charge in [0.15, 0.2) is 0 Å². The number of hydrogen-bond acceptors (Lipinski definition) is 2. The van der Waals surface area contributed by atoms with Gasteiger partial charge in [-0.3, -0.25) is 9.79 Å². The van der Waals surface area contributed by atoms with Crippen molar-refractivity contribution in [2.75, 3.05) is 6.54 Å². The van der Waals surface area contributed by atoms with E-state index >= 15 is 0 Å². The lowest BCUT2D eigenvalue weighted by molar-refractivity contribution is -0.119. The minimum atomic E-state index is 0.0370. The van der Waals surface area contributed by atoms with Crippen LogP contribution < -0.4 is 0 Å². The van der Waals surface area contributed by atoms with Gasteiger partial charge in [0.1, 0.15) is 5.78 Å². The third-order valence-corrected chi connectivity index (χ3v) is 1.36. The van der Waals surface area contributed by atoms with E-state index in [1.807, 2.05) is 12.2 Å². The Labute approximate surface area is 54.3 Å². The Morgan fingerprint density at radius 3 is 2.89 bits per heavy atom. The summed E-state index contributed by atoms with van der Waals surface area (Å²) in [5.74, 6) is 0.234. The molecule has 0 radical (unpaired) electrons. The van der Waals surface area contributed by atoms with Gasteiger partial charge >= 0.3 is 0 Å². The molecule has 0 fully saturated rings. The maximum absolute atomic E-state index is 10.7. The van der Waals surface area contributed by atoms with Crippen LogP contribution in [0.4, 0.5) is 0 Å². The summed E-state index contributed by atoms with van der Waals surface area (Å²) in [6, 6.07) is 0. The molecule has 1 unspecified atom stereocenters. The number of aliphatic imine (C=N–C) groups is 1. The molecule has 2 nitrogen and oxygen atoms in total. The van der Waals surface area contributed by atoms with Crippen molar-refractivity contribution in [3.05, 3.63) is 12.2 Å². The van der Waals surface area contributed by atoms with E-state index in [1.165, 1.54) is 0 Å². The van der Waals surface area contributed by atoms with Crippen LogP contribution in [0.3, 0.4) is 0 Å². The summed E-state index contributed by atoms with van der Waals surface area (Å²) >= 11 is 0. The highest BCUT2D eigenvalue weighted by molar-refractivity contribution is 5.83. The maximum Gasteiger partial charge on any atom is 0.138 e. The molecule has 0 N–H and O–H groups in total.